The van der Waals surface area contributed by atoms with E-state index in [9.17, 15) is 0 Å². The van der Waals surface area contributed by atoms with Crippen LogP contribution in [0, 0.1) is 32.1 Å². The number of hydrogen-bond acceptors (Lipinski definition) is 6. The molecule has 0 saturated heterocycles. The Morgan fingerprint density at radius 3 is 0.800 bits per heavy atom. The summed E-state index contributed by atoms with van der Waals surface area (Å²) in [5.41, 5.74) is 23.2. The molecule has 0 saturated carbocycles. The number of pyridine rings is 3. The molecule has 12 aromatic rings. The van der Waals surface area contributed by atoms with E-state index < -0.39 is 0 Å². The number of hydrogen-bond donors (Lipinski definition) is 3. The van der Waals surface area contributed by atoms with Crippen LogP contribution < -0.4 is 32.1 Å². The molecule has 0 radical (unpaired) electrons. The van der Waals surface area contributed by atoms with Crippen molar-refractivity contribution in [1.82, 2.24) is 43.6 Å². The van der Waals surface area contributed by atoms with Crippen LogP contribution in [-0.2, 0) is 38.9 Å². The second kappa shape index (κ2) is 30.3. The maximum atomic E-state index is 5.96. The molecule has 12 heteroatoms. The average Bonchev–Trinajstić information content (AvgIpc) is 1.61. The Morgan fingerprint density at radius 1 is 0.286 bits per heavy atom. The first-order chi connectivity index (χ1) is 51.8. The van der Waals surface area contributed by atoms with Crippen molar-refractivity contribution < 1.29 is 0 Å². The fourth-order valence-corrected chi connectivity index (χ4v) is 16.1. The number of nitrogens with zero attached hydrogens (tertiary/aromatic N) is 9. The van der Waals surface area contributed by atoms with Gasteiger partial charge in [-0.25, -0.2) is 15.0 Å². The van der Waals surface area contributed by atoms with Crippen LogP contribution >= 0.6 is 0 Å². The average molecular weight is 1380 g/mol. The Kier molecular flexibility index (Phi) is 19.5. The summed E-state index contributed by atoms with van der Waals surface area (Å²) >= 11 is 0. The minimum atomic E-state index is 0.600. The summed E-state index contributed by atoms with van der Waals surface area (Å²) in [7, 11) is 0. The van der Waals surface area contributed by atoms with Crippen molar-refractivity contribution in [3.63, 3.8) is 0 Å². The Bertz CT molecular complexity index is 5610. The number of aliphatic imine (C=N–C) groups is 3. The lowest BCUT2D eigenvalue weighted by Gasteiger charge is -2.12. The Morgan fingerprint density at radius 2 is 0.543 bits per heavy atom. The maximum absolute atomic E-state index is 5.96. The highest BCUT2D eigenvalue weighted by Crippen LogP contribution is 2.33. The third kappa shape index (κ3) is 13.3. The predicted octanol–water partition coefficient (Wildman–Crippen LogP) is 15.0. The lowest BCUT2D eigenvalue weighted by molar-refractivity contribution is 0.750. The second-order valence-electron chi connectivity index (χ2n) is 28.2. The standard InChI is InChI=1S/C93H90N12/c1-7-22-67-52-73-79-34-35-80(103(79)58-61-40-46-94-47-41-61)75-54-69(24-9-3)90(99-75)86(65-30-18-14-19-31-65)91-71(26-11-5)56-77(101-91)83-38-39-84(105(83)60-63-44-50-96-51-45-63)78-57-72(27-12-6)93(102-78)87(66-32-20-15-21-33-66)92-70(25-10-4)55-76(100-92)82-37-36-81(104(82)59-62-42-48-95-49-43-62)74-53-68(23-8-2)89(98-74)85(88(67)97-73)64-28-16-13-17-29-64/h13-21,28-57,97,100-101H,7-12,22-27,58-60H2,1-6H3. The Labute approximate surface area is 612 Å². The number of aromatic nitrogens is 9. The first-order valence-electron chi connectivity index (χ1n) is 38.0. The molecule has 0 fully saturated rings. The van der Waals surface area contributed by atoms with Crippen LogP contribution in [0.4, 0.5) is 0 Å². The van der Waals surface area contributed by atoms with Gasteiger partial charge in [-0.1, -0.05) is 171 Å². The number of allylic oxidation sites excluding steroid dienone is 3. The number of H-pyrrole nitrogens is 3. The van der Waals surface area contributed by atoms with Gasteiger partial charge in [0.05, 0.1) is 98.4 Å². The van der Waals surface area contributed by atoms with Crippen molar-refractivity contribution in [2.45, 2.75) is 138 Å². The second-order valence-corrected chi connectivity index (χ2v) is 28.2. The van der Waals surface area contributed by atoms with Crippen LogP contribution in [0.2, 0.25) is 0 Å². The SMILES string of the molecule is CCCC1=CC2=c3ccc(n3Cc3ccncc3)=c3cc(CCC)c([nH]3)=C(c3ccccc3)C3=NC(=c4ccc(n4Cc4ccncc4)=c4cc(CCC)c([nH]4)=C(c4ccccc4)C4=NC(=c5ccc(n5Cc5ccncc5)=c5cc(CCC)c([nH]5)=C(c5ccccc5)C1=N2)C=C4CCC)C=C3CCC. The number of aromatic amines is 3. The van der Waals surface area contributed by atoms with Crippen LogP contribution in [0.15, 0.2) is 269 Å². The molecule has 0 unspecified atom stereocenters. The number of aryl methyl sites for hydroxylation is 3. The van der Waals surface area contributed by atoms with Gasteiger partial charge in [-0.05, 0) is 215 Å². The molecule has 13 heterocycles. The Hall–Kier alpha value is -11.8. The number of benzene rings is 3. The molecule has 3 N–H and O–H groups in total. The number of fused-ring (bicyclic) bond motifs is 15. The smallest absolute Gasteiger partial charge is 0.0877 e. The molecule has 18 bridgehead atoms. The zero-order valence-electron chi connectivity index (χ0n) is 61.1. The Balaban J connectivity index is 1.11. The summed E-state index contributed by atoms with van der Waals surface area (Å²) in [6.07, 6.45) is 29.4. The van der Waals surface area contributed by atoms with E-state index >= 15 is 0 Å². The van der Waals surface area contributed by atoms with E-state index in [1.165, 1.54) is 33.4 Å². The topological polar surface area (TPSA) is 138 Å². The molecule has 4 aliphatic rings. The van der Waals surface area contributed by atoms with E-state index in [-0.39, 0.29) is 0 Å². The van der Waals surface area contributed by atoms with Crippen molar-refractivity contribution in [3.05, 3.63) is 368 Å². The molecule has 0 amide bonds. The highest BCUT2D eigenvalue weighted by atomic mass is 15.0. The van der Waals surface area contributed by atoms with E-state index in [1.54, 1.807) is 0 Å². The van der Waals surface area contributed by atoms with Gasteiger partial charge in [-0.3, -0.25) is 15.0 Å². The van der Waals surface area contributed by atoms with E-state index in [4.69, 9.17) is 15.0 Å². The minimum Gasteiger partial charge on any atom is -0.353 e. The van der Waals surface area contributed by atoms with Crippen molar-refractivity contribution in [1.29, 1.82) is 0 Å². The summed E-state index contributed by atoms with van der Waals surface area (Å²) in [5.74, 6) is 0. The van der Waals surface area contributed by atoms with Gasteiger partial charge in [0, 0.05) is 73.5 Å². The molecule has 16 rings (SSSR count). The molecule has 4 aliphatic heterocycles. The summed E-state index contributed by atoms with van der Waals surface area (Å²) in [6.45, 7) is 15.5. The van der Waals surface area contributed by atoms with Gasteiger partial charge >= 0.3 is 0 Å². The fourth-order valence-electron chi connectivity index (χ4n) is 16.1. The third-order valence-electron chi connectivity index (χ3n) is 20.8. The van der Waals surface area contributed by atoms with Gasteiger partial charge in [-0.2, -0.15) is 0 Å². The van der Waals surface area contributed by atoms with Gasteiger partial charge in [0.15, 0.2) is 0 Å². The van der Waals surface area contributed by atoms with Crippen LogP contribution in [0.25, 0.3) is 33.8 Å². The summed E-state index contributed by atoms with van der Waals surface area (Å²) in [6, 6.07) is 66.7. The lowest BCUT2D eigenvalue weighted by Crippen LogP contribution is -2.22. The van der Waals surface area contributed by atoms with E-state index in [0.29, 0.717) is 19.6 Å². The predicted molar refractivity (Wildman–Crippen MR) is 427 cm³/mol. The van der Waals surface area contributed by atoms with Crippen molar-refractivity contribution >= 4 is 50.9 Å². The zero-order valence-corrected chi connectivity index (χ0v) is 61.1. The third-order valence-corrected chi connectivity index (χ3v) is 20.8. The molecule has 12 nitrogen and oxygen atoms in total. The largest absolute Gasteiger partial charge is 0.353 e. The lowest BCUT2D eigenvalue weighted by atomic mass is 9.92. The first kappa shape index (κ1) is 67.7. The molecular weight excluding hydrogens is 1290 g/mol. The normalized spacial score (nSPS) is 14.2. The highest BCUT2D eigenvalue weighted by Gasteiger charge is 2.28. The van der Waals surface area contributed by atoms with Crippen LogP contribution in [0.3, 0.4) is 0 Å². The fraction of sp³-hybridized carbons (Fsp3) is 0.226. The van der Waals surface area contributed by atoms with Gasteiger partial charge in [0.25, 0.3) is 0 Å². The number of nitrogens with one attached hydrogen (secondary N) is 3. The van der Waals surface area contributed by atoms with Crippen molar-refractivity contribution in [2.75, 3.05) is 0 Å². The summed E-state index contributed by atoms with van der Waals surface area (Å²) in [5, 5.41) is 12.7. The minimum absolute atomic E-state index is 0.600. The molecule has 522 valence electrons. The maximum Gasteiger partial charge on any atom is 0.0877 e. The van der Waals surface area contributed by atoms with Crippen LogP contribution in [0.1, 0.15) is 149 Å². The molecule has 3 aromatic carbocycles. The molecule has 105 heavy (non-hydrogen) atoms. The van der Waals surface area contributed by atoms with E-state index in [1.807, 2.05) is 37.2 Å². The summed E-state index contributed by atoms with van der Waals surface area (Å²) in [4.78, 5) is 44.0. The van der Waals surface area contributed by atoms with Crippen molar-refractivity contribution in [3.8, 4) is 0 Å². The molecule has 0 atom stereocenters. The molecule has 9 aromatic heterocycles. The molecule has 0 spiro atoms. The van der Waals surface area contributed by atoms with Gasteiger partial charge in [0.2, 0.25) is 0 Å². The first-order valence-corrected chi connectivity index (χ1v) is 38.0. The van der Waals surface area contributed by atoms with Crippen molar-refractivity contribution in [2.24, 2.45) is 15.0 Å². The van der Waals surface area contributed by atoms with Crippen LogP contribution in [-0.4, -0.2) is 60.7 Å². The number of rotatable bonds is 21. The zero-order chi connectivity index (χ0) is 71.3. The van der Waals surface area contributed by atoms with Crippen LogP contribution in [0.5, 0.6) is 0 Å². The monoisotopic (exact) mass is 1370 g/mol. The molecule has 0 aliphatic carbocycles. The molecular formula is C93H90N12. The van der Waals surface area contributed by atoms with E-state index in [2.05, 4.69) is 285 Å². The van der Waals surface area contributed by atoms with Gasteiger partial charge in [-0.15, -0.1) is 0 Å². The van der Waals surface area contributed by atoms with Gasteiger partial charge < -0.3 is 28.7 Å². The van der Waals surface area contributed by atoms with Gasteiger partial charge in [0.1, 0.15) is 0 Å². The summed E-state index contributed by atoms with van der Waals surface area (Å²) < 4.78 is 7.42. The van der Waals surface area contributed by atoms with E-state index in [0.717, 1.165) is 226 Å². The highest BCUT2D eigenvalue weighted by molar-refractivity contribution is 6.36. The quantitative estimate of drug-likeness (QED) is 0.0660.